The maximum absolute atomic E-state index is 12.9. The lowest BCUT2D eigenvalue weighted by Gasteiger charge is -2.09. The van der Waals surface area contributed by atoms with Gasteiger partial charge >= 0.3 is 0 Å². The molecule has 0 bridgehead atoms. The van der Waals surface area contributed by atoms with Gasteiger partial charge in [0.2, 0.25) is 0 Å². The molecule has 1 amide bonds. The van der Waals surface area contributed by atoms with Gasteiger partial charge in [-0.15, -0.1) is 0 Å². The highest BCUT2D eigenvalue weighted by Gasteiger charge is 2.07. The van der Waals surface area contributed by atoms with E-state index in [4.69, 9.17) is 9.47 Å². The van der Waals surface area contributed by atoms with Crippen LogP contribution in [0.3, 0.4) is 0 Å². The van der Waals surface area contributed by atoms with Gasteiger partial charge in [0.25, 0.3) is 5.91 Å². The average molecular weight is 354 g/mol. The second-order valence-corrected chi connectivity index (χ2v) is 5.00. The van der Waals surface area contributed by atoms with E-state index in [1.54, 1.807) is 31.4 Å². The maximum Gasteiger partial charge on any atom is 0.262 e. The van der Waals surface area contributed by atoms with Gasteiger partial charge in [-0.05, 0) is 46.3 Å². The Balaban J connectivity index is 1.92. The van der Waals surface area contributed by atoms with E-state index >= 15 is 0 Å². The molecule has 0 atom stereocenters. The van der Waals surface area contributed by atoms with Gasteiger partial charge in [-0.3, -0.25) is 4.79 Å². The highest BCUT2D eigenvalue weighted by atomic mass is 79.9. The van der Waals surface area contributed by atoms with E-state index in [0.717, 1.165) is 0 Å². The molecular formula is C15H13BrFNO3. The third kappa shape index (κ3) is 4.46. The topological polar surface area (TPSA) is 47.6 Å². The van der Waals surface area contributed by atoms with Gasteiger partial charge in [0.15, 0.2) is 6.61 Å². The lowest BCUT2D eigenvalue weighted by molar-refractivity contribution is -0.118. The van der Waals surface area contributed by atoms with Crippen molar-refractivity contribution in [2.45, 2.75) is 0 Å². The molecule has 110 valence electrons. The number of benzene rings is 2. The predicted molar refractivity (Wildman–Crippen MR) is 81.2 cm³/mol. The molecule has 0 saturated heterocycles. The van der Waals surface area contributed by atoms with Gasteiger partial charge in [-0.2, -0.15) is 0 Å². The molecule has 2 aromatic carbocycles. The molecule has 0 aliphatic carbocycles. The zero-order chi connectivity index (χ0) is 15.2. The molecule has 0 aliphatic rings. The highest BCUT2D eigenvalue weighted by molar-refractivity contribution is 9.10. The summed E-state index contributed by atoms with van der Waals surface area (Å²) in [5, 5.41) is 2.68. The first-order valence-electron chi connectivity index (χ1n) is 6.10. The molecule has 0 aliphatic heterocycles. The van der Waals surface area contributed by atoms with Crippen molar-refractivity contribution in [2.75, 3.05) is 19.0 Å². The van der Waals surface area contributed by atoms with E-state index in [0.29, 0.717) is 21.7 Å². The van der Waals surface area contributed by atoms with Crippen molar-refractivity contribution in [1.29, 1.82) is 0 Å². The van der Waals surface area contributed by atoms with E-state index in [9.17, 15) is 9.18 Å². The molecule has 21 heavy (non-hydrogen) atoms. The SMILES string of the molecule is COc1cccc(NC(=O)COc2ccc(F)cc2Br)c1. The highest BCUT2D eigenvalue weighted by Crippen LogP contribution is 2.25. The number of amides is 1. The van der Waals surface area contributed by atoms with Crippen molar-refractivity contribution >= 4 is 27.5 Å². The van der Waals surface area contributed by atoms with Crippen LogP contribution in [0.2, 0.25) is 0 Å². The molecule has 0 heterocycles. The van der Waals surface area contributed by atoms with E-state index in [1.165, 1.54) is 18.2 Å². The number of hydrogen-bond donors (Lipinski definition) is 1. The van der Waals surface area contributed by atoms with Crippen molar-refractivity contribution in [1.82, 2.24) is 0 Å². The summed E-state index contributed by atoms with van der Waals surface area (Å²) in [6, 6.07) is 11.0. The smallest absolute Gasteiger partial charge is 0.262 e. The van der Waals surface area contributed by atoms with Gasteiger partial charge < -0.3 is 14.8 Å². The number of methoxy groups -OCH3 is 1. The predicted octanol–water partition coefficient (Wildman–Crippen LogP) is 3.61. The number of anilines is 1. The maximum atomic E-state index is 12.9. The lowest BCUT2D eigenvalue weighted by Crippen LogP contribution is -2.20. The van der Waals surface area contributed by atoms with Crippen LogP contribution >= 0.6 is 15.9 Å². The Kier molecular flexibility index (Phi) is 5.16. The van der Waals surface area contributed by atoms with Crippen molar-refractivity contribution in [2.24, 2.45) is 0 Å². The van der Waals surface area contributed by atoms with Crippen LogP contribution in [0.4, 0.5) is 10.1 Å². The molecule has 2 rings (SSSR count). The van der Waals surface area contributed by atoms with E-state index in [-0.39, 0.29) is 18.3 Å². The van der Waals surface area contributed by atoms with Crippen LogP contribution in [0.25, 0.3) is 0 Å². The Morgan fingerprint density at radius 3 is 2.81 bits per heavy atom. The molecular weight excluding hydrogens is 341 g/mol. The number of ether oxygens (including phenoxy) is 2. The molecule has 1 N–H and O–H groups in total. The molecule has 0 radical (unpaired) electrons. The molecule has 0 fully saturated rings. The summed E-state index contributed by atoms with van der Waals surface area (Å²) in [5.41, 5.74) is 0.612. The summed E-state index contributed by atoms with van der Waals surface area (Å²) in [6.07, 6.45) is 0. The van der Waals surface area contributed by atoms with E-state index in [1.807, 2.05) is 0 Å². The number of carbonyl (C=O) groups is 1. The van der Waals surface area contributed by atoms with Crippen LogP contribution in [0.15, 0.2) is 46.9 Å². The van der Waals surface area contributed by atoms with Crippen molar-refractivity contribution in [3.63, 3.8) is 0 Å². The summed E-state index contributed by atoms with van der Waals surface area (Å²) in [6.45, 7) is -0.179. The Morgan fingerprint density at radius 2 is 2.10 bits per heavy atom. The number of nitrogens with one attached hydrogen (secondary N) is 1. The summed E-state index contributed by atoms with van der Waals surface area (Å²) < 4.78 is 23.8. The number of rotatable bonds is 5. The van der Waals surface area contributed by atoms with Gasteiger partial charge in [0.1, 0.15) is 17.3 Å². The third-order valence-corrected chi connectivity index (χ3v) is 3.23. The van der Waals surface area contributed by atoms with E-state index < -0.39 is 0 Å². The normalized spacial score (nSPS) is 10.0. The standard InChI is InChI=1S/C15H13BrFNO3/c1-20-12-4-2-3-11(8-12)18-15(19)9-21-14-6-5-10(17)7-13(14)16/h2-8H,9H2,1H3,(H,18,19). The number of carbonyl (C=O) groups excluding carboxylic acids is 1. The fourth-order valence-corrected chi connectivity index (χ4v) is 2.10. The molecule has 0 spiro atoms. The van der Waals surface area contributed by atoms with Gasteiger partial charge in [-0.1, -0.05) is 6.07 Å². The minimum Gasteiger partial charge on any atom is -0.497 e. The van der Waals surface area contributed by atoms with Crippen LogP contribution in [-0.2, 0) is 4.79 Å². The second kappa shape index (κ2) is 7.08. The van der Waals surface area contributed by atoms with Gasteiger partial charge in [0.05, 0.1) is 11.6 Å². The Hall–Kier alpha value is -2.08. The van der Waals surface area contributed by atoms with Crippen LogP contribution < -0.4 is 14.8 Å². The average Bonchev–Trinajstić information content (AvgIpc) is 2.46. The molecule has 2 aromatic rings. The summed E-state index contributed by atoms with van der Waals surface area (Å²) in [7, 11) is 1.55. The van der Waals surface area contributed by atoms with Crippen LogP contribution in [0.5, 0.6) is 11.5 Å². The Morgan fingerprint density at radius 1 is 1.29 bits per heavy atom. The Bertz CT molecular complexity index is 649. The van der Waals surface area contributed by atoms with Gasteiger partial charge in [-0.25, -0.2) is 4.39 Å². The van der Waals surface area contributed by atoms with E-state index in [2.05, 4.69) is 21.2 Å². The number of halogens is 2. The van der Waals surface area contributed by atoms with Gasteiger partial charge in [0, 0.05) is 11.8 Å². The molecule has 0 unspecified atom stereocenters. The molecule has 0 aromatic heterocycles. The molecule has 4 nitrogen and oxygen atoms in total. The third-order valence-electron chi connectivity index (χ3n) is 2.61. The zero-order valence-corrected chi connectivity index (χ0v) is 12.8. The quantitative estimate of drug-likeness (QED) is 0.892. The summed E-state index contributed by atoms with van der Waals surface area (Å²) in [5.74, 6) is 0.349. The summed E-state index contributed by atoms with van der Waals surface area (Å²) in [4.78, 5) is 11.8. The number of hydrogen-bond acceptors (Lipinski definition) is 3. The minimum absolute atomic E-state index is 0.179. The minimum atomic E-state index is -0.380. The first-order valence-corrected chi connectivity index (χ1v) is 6.89. The van der Waals surface area contributed by atoms with Crippen molar-refractivity contribution in [3.8, 4) is 11.5 Å². The van der Waals surface area contributed by atoms with Crippen LogP contribution in [-0.4, -0.2) is 19.6 Å². The summed E-state index contributed by atoms with van der Waals surface area (Å²) >= 11 is 3.17. The lowest BCUT2D eigenvalue weighted by atomic mass is 10.3. The molecule has 0 saturated carbocycles. The van der Waals surface area contributed by atoms with Crippen LogP contribution in [0.1, 0.15) is 0 Å². The largest absolute Gasteiger partial charge is 0.497 e. The molecule has 6 heteroatoms. The Labute approximate surface area is 130 Å². The van der Waals surface area contributed by atoms with Crippen LogP contribution in [0, 0.1) is 5.82 Å². The van der Waals surface area contributed by atoms with Crippen molar-refractivity contribution in [3.05, 3.63) is 52.8 Å². The monoisotopic (exact) mass is 353 g/mol. The second-order valence-electron chi connectivity index (χ2n) is 4.14. The van der Waals surface area contributed by atoms with Crippen molar-refractivity contribution < 1.29 is 18.7 Å². The first kappa shape index (κ1) is 15.3. The fraction of sp³-hybridized carbons (Fsp3) is 0.133. The zero-order valence-electron chi connectivity index (χ0n) is 11.2. The fourth-order valence-electron chi connectivity index (χ4n) is 1.63. The first-order chi connectivity index (χ1) is 10.1.